The number of likely N-dealkylation sites (N-methyl/N-ethyl adjacent to an activating group) is 1. The highest BCUT2D eigenvalue weighted by molar-refractivity contribution is 7.84. The maximum atomic E-state index is 14.1. The van der Waals surface area contributed by atoms with Crippen molar-refractivity contribution >= 4 is 27.6 Å². The van der Waals surface area contributed by atoms with Crippen LogP contribution in [0.2, 0.25) is 0 Å². The Labute approximate surface area is 187 Å². The van der Waals surface area contributed by atoms with Crippen molar-refractivity contribution in [1.82, 2.24) is 19.4 Å². The zero-order valence-corrected chi connectivity index (χ0v) is 18.5. The number of rotatable bonds is 6. The Kier molecular flexibility index (Phi) is 6.11. The van der Waals surface area contributed by atoms with Gasteiger partial charge in [0.2, 0.25) is 5.95 Å². The van der Waals surface area contributed by atoms with Crippen LogP contribution in [0.1, 0.15) is 10.4 Å². The summed E-state index contributed by atoms with van der Waals surface area (Å²) in [6.07, 6.45) is 6.38. The predicted octanol–water partition coefficient (Wildman–Crippen LogP) is 2.99. The van der Waals surface area contributed by atoms with Crippen LogP contribution in [0.5, 0.6) is 0 Å². The molecule has 0 aliphatic heterocycles. The number of aromatic nitrogens is 3. The molecule has 0 bridgehead atoms. The van der Waals surface area contributed by atoms with Gasteiger partial charge < -0.3 is 10.6 Å². The van der Waals surface area contributed by atoms with Gasteiger partial charge in [-0.2, -0.15) is 0 Å². The highest BCUT2D eigenvalue weighted by Gasteiger charge is 2.18. The van der Waals surface area contributed by atoms with Crippen molar-refractivity contribution in [2.24, 2.45) is 5.73 Å². The number of benzene rings is 2. The summed E-state index contributed by atoms with van der Waals surface area (Å²) >= 11 is 0. The number of amides is 1. The van der Waals surface area contributed by atoms with Crippen molar-refractivity contribution in [1.29, 1.82) is 0 Å². The monoisotopic (exact) mass is 451 g/mol. The number of halogens is 1. The summed E-state index contributed by atoms with van der Waals surface area (Å²) in [7, 11) is 0.429. The van der Waals surface area contributed by atoms with Crippen LogP contribution < -0.4 is 5.73 Å². The van der Waals surface area contributed by atoms with Crippen molar-refractivity contribution in [2.75, 3.05) is 26.4 Å². The van der Waals surface area contributed by atoms with E-state index in [4.69, 9.17) is 5.73 Å². The molecule has 4 rings (SSSR count). The van der Waals surface area contributed by atoms with Crippen LogP contribution in [0, 0.1) is 5.82 Å². The summed E-state index contributed by atoms with van der Waals surface area (Å²) in [6, 6.07) is 11.6. The van der Waals surface area contributed by atoms with Crippen LogP contribution in [0.4, 0.5) is 4.39 Å². The molecule has 164 valence electrons. The standard InChI is InChI=1S/C23H22FN5O2S/c1-28(10-9-25)22(30)15-7-8-18-20(11-15)29(14-21(18)32(2)31)23-26-12-16(13-27-23)17-5-3-4-6-19(17)24/h3-8,11-14H,9-10,25H2,1-2H3. The van der Waals surface area contributed by atoms with Crippen LogP contribution in [-0.4, -0.2) is 55.9 Å². The van der Waals surface area contributed by atoms with Gasteiger partial charge in [-0.25, -0.2) is 14.4 Å². The molecule has 0 radical (unpaired) electrons. The van der Waals surface area contributed by atoms with Crippen molar-refractivity contribution in [3.05, 3.63) is 72.4 Å². The van der Waals surface area contributed by atoms with Crippen molar-refractivity contribution in [3.8, 4) is 17.1 Å². The van der Waals surface area contributed by atoms with E-state index in [-0.39, 0.29) is 11.7 Å². The highest BCUT2D eigenvalue weighted by atomic mass is 32.2. The Morgan fingerprint density at radius 2 is 1.91 bits per heavy atom. The summed E-state index contributed by atoms with van der Waals surface area (Å²) < 4.78 is 28.1. The zero-order valence-electron chi connectivity index (χ0n) is 17.7. The first-order chi connectivity index (χ1) is 15.4. The molecule has 0 spiro atoms. The van der Waals surface area contributed by atoms with E-state index in [1.54, 1.807) is 77.8 Å². The summed E-state index contributed by atoms with van der Waals surface area (Å²) in [4.78, 5) is 23.7. The number of hydrogen-bond acceptors (Lipinski definition) is 5. The molecular formula is C23H22FN5O2S. The molecule has 2 aromatic heterocycles. The van der Waals surface area contributed by atoms with Crippen LogP contribution in [0.3, 0.4) is 0 Å². The molecule has 1 atom stereocenters. The van der Waals surface area contributed by atoms with E-state index in [1.165, 1.54) is 6.07 Å². The smallest absolute Gasteiger partial charge is 0.253 e. The van der Waals surface area contributed by atoms with E-state index < -0.39 is 10.8 Å². The Balaban J connectivity index is 1.80. The van der Waals surface area contributed by atoms with Gasteiger partial charge in [-0.1, -0.05) is 24.3 Å². The number of fused-ring (bicyclic) bond motifs is 1. The molecule has 9 heteroatoms. The second-order valence-electron chi connectivity index (χ2n) is 7.32. The molecule has 0 aliphatic carbocycles. The summed E-state index contributed by atoms with van der Waals surface area (Å²) in [5, 5.41) is 0.741. The van der Waals surface area contributed by atoms with Gasteiger partial charge in [0.25, 0.3) is 5.91 Å². The zero-order chi connectivity index (χ0) is 22.8. The summed E-state index contributed by atoms with van der Waals surface area (Å²) in [5.41, 5.74) is 7.64. The molecule has 0 fully saturated rings. The molecule has 0 saturated heterocycles. The molecule has 2 heterocycles. The Hall–Kier alpha value is -3.43. The van der Waals surface area contributed by atoms with Gasteiger partial charge >= 0.3 is 0 Å². The average Bonchev–Trinajstić information content (AvgIpc) is 3.18. The number of carbonyl (C=O) groups is 1. The number of hydrogen-bond donors (Lipinski definition) is 1. The Morgan fingerprint density at radius 1 is 1.19 bits per heavy atom. The SMILES string of the molecule is CN(CCN)C(=O)c1ccc2c(S(C)=O)cn(-c3ncc(-c4ccccc4F)cn3)c2c1. The molecule has 7 nitrogen and oxygen atoms in total. The lowest BCUT2D eigenvalue weighted by atomic mass is 10.1. The van der Waals surface area contributed by atoms with Gasteiger partial charge in [0.05, 0.1) is 21.2 Å². The van der Waals surface area contributed by atoms with Gasteiger partial charge in [-0.05, 0) is 18.2 Å². The summed E-state index contributed by atoms with van der Waals surface area (Å²) in [6.45, 7) is 0.796. The normalized spacial score (nSPS) is 12.1. The lowest BCUT2D eigenvalue weighted by Gasteiger charge is -2.16. The molecule has 32 heavy (non-hydrogen) atoms. The molecular weight excluding hydrogens is 429 g/mol. The van der Waals surface area contributed by atoms with Crippen LogP contribution in [0.15, 0.2) is 66.0 Å². The quantitative estimate of drug-likeness (QED) is 0.486. The van der Waals surface area contributed by atoms with Crippen LogP contribution >= 0.6 is 0 Å². The van der Waals surface area contributed by atoms with Crippen molar-refractivity contribution in [2.45, 2.75) is 4.90 Å². The van der Waals surface area contributed by atoms with E-state index in [2.05, 4.69) is 9.97 Å². The second kappa shape index (κ2) is 8.97. The largest absolute Gasteiger partial charge is 0.340 e. The van der Waals surface area contributed by atoms with Crippen LogP contribution in [-0.2, 0) is 10.8 Å². The fourth-order valence-electron chi connectivity index (χ4n) is 3.52. The topological polar surface area (TPSA) is 94.1 Å². The van der Waals surface area contributed by atoms with Gasteiger partial charge in [0.1, 0.15) is 5.82 Å². The van der Waals surface area contributed by atoms with Gasteiger partial charge in [0, 0.05) is 67.1 Å². The Morgan fingerprint density at radius 3 is 2.56 bits per heavy atom. The molecule has 1 unspecified atom stereocenters. The lowest BCUT2D eigenvalue weighted by Crippen LogP contribution is -2.31. The molecule has 4 aromatic rings. The van der Waals surface area contributed by atoms with Crippen molar-refractivity contribution in [3.63, 3.8) is 0 Å². The van der Waals surface area contributed by atoms with E-state index in [0.29, 0.717) is 46.1 Å². The maximum absolute atomic E-state index is 14.1. The minimum Gasteiger partial charge on any atom is -0.340 e. The third kappa shape index (κ3) is 4.04. The van der Waals surface area contributed by atoms with E-state index in [1.807, 2.05) is 0 Å². The third-order valence-electron chi connectivity index (χ3n) is 5.18. The fourth-order valence-corrected chi connectivity index (χ4v) is 4.25. The lowest BCUT2D eigenvalue weighted by molar-refractivity contribution is 0.0799. The summed E-state index contributed by atoms with van der Waals surface area (Å²) in [5.74, 6) is -0.199. The van der Waals surface area contributed by atoms with E-state index in [9.17, 15) is 13.4 Å². The highest BCUT2D eigenvalue weighted by Crippen LogP contribution is 2.28. The number of nitrogens with zero attached hydrogens (tertiary/aromatic N) is 4. The van der Waals surface area contributed by atoms with Gasteiger partial charge in [0.15, 0.2) is 0 Å². The number of carbonyl (C=O) groups excluding carboxylic acids is 1. The molecule has 0 saturated carbocycles. The predicted molar refractivity (Wildman–Crippen MR) is 123 cm³/mol. The minimum absolute atomic E-state index is 0.167. The third-order valence-corrected chi connectivity index (χ3v) is 6.12. The molecule has 2 N–H and O–H groups in total. The Bertz CT molecular complexity index is 1320. The average molecular weight is 452 g/mol. The minimum atomic E-state index is -1.26. The van der Waals surface area contributed by atoms with Crippen molar-refractivity contribution < 1.29 is 13.4 Å². The fraction of sp³-hybridized carbons (Fsp3) is 0.174. The first-order valence-electron chi connectivity index (χ1n) is 9.92. The van der Waals surface area contributed by atoms with E-state index in [0.717, 1.165) is 5.39 Å². The van der Waals surface area contributed by atoms with Gasteiger partial charge in [-0.3, -0.25) is 13.6 Å². The second-order valence-corrected chi connectivity index (χ2v) is 8.66. The molecule has 0 aliphatic rings. The molecule has 1 amide bonds. The van der Waals surface area contributed by atoms with Gasteiger partial charge in [-0.15, -0.1) is 0 Å². The molecule has 2 aromatic carbocycles. The van der Waals surface area contributed by atoms with E-state index >= 15 is 0 Å². The first-order valence-corrected chi connectivity index (χ1v) is 11.5. The first kappa shape index (κ1) is 21.8. The number of nitrogens with two attached hydrogens (primary N) is 1. The maximum Gasteiger partial charge on any atom is 0.253 e. The van der Waals surface area contributed by atoms with Crippen LogP contribution in [0.25, 0.3) is 28.0 Å².